The highest BCUT2D eigenvalue weighted by molar-refractivity contribution is 6.30. The molecule has 0 aliphatic carbocycles. The van der Waals surface area contributed by atoms with Crippen LogP contribution in [0.15, 0.2) is 12.3 Å². The molecule has 1 saturated heterocycles. The van der Waals surface area contributed by atoms with Crippen LogP contribution in [0.2, 0.25) is 5.15 Å². The third-order valence-corrected chi connectivity index (χ3v) is 3.72. The second-order valence-corrected chi connectivity index (χ2v) is 4.72. The van der Waals surface area contributed by atoms with Gasteiger partial charge in [0.2, 0.25) is 0 Å². The molecule has 1 atom stereocenters. The second kappa shape index (κ2) is 4.22. The summed E-state index contributed by atoms with van der Waals surface area (Å²) in [6.45, 7) is 1.89. The molecule has 1 fully saturated rings. The van der Waals surface area contributed by atoms with Crippen LogP contribution in [0.25, 0.3) is 0 Å². The number of pyridine rings is 1. The Hall–Kier alpha value is -0.800. The minimum absolute atomic E-state index is 0.244. The first-order chi connectivity index (χ1) is 7.86. The van der Waals surface area contributed by atoms with Gasteiger partial charge in [-0.1, -0.05) is 11.6 Å². The number of rotatable bonds is 1. The first kappa shape index (κ1) is 10.4. The molecule has 86 valence electrons. The van der Waals surface area contributed by atoms with E-state index in [1.54, 1.807) is 6.20 Å². The average Bonchev–Trinajstić information content (AvgIpc) is 2.75. The molecule has 1 aromatic heterocycles. The van der Waals surface area contributed by atoms with Crippen molar-refractivity contribution < 1.29 is 4.74 Å². The molecule has 3 heterocycles. The summed E-state index contributed by atoms with van der Waals surface area (Å²) >= 11 is 6.10. The predicted octanol–water partition coefficient (Wildman–Crippen LogP) is 2.62. The summed E-state index contributed by atoms with van der Waals surface area (Å²) in [5, 5.41) is 0.649. The zero-order chi connectivity index (χ0) is 11.0. The molecular weight excluding hydrogens is 224 g/mol. The summed E-state index contributed by atoms with van der Waals surface area (Å²) in [6.07, 6.45) is 6.58. The number of nitrogens with zero attached hydrogens (tertiary/aromatic N) is 2. The normalized spacial score (nSPS) is 24.6. The highest BCUT2D eigenvalue weighted by Crippen LogP contribution is 2.35. The van der Waals surface area contributed by atoms with Crippen LogP contribution in [0.5, 0.6) is 0 Å². The lowest BCUT2D eigenvalue weighted by Gasteiger charge is -2.33. The molecule has 2 aliphatic rings. The Labute approximate surface area is 100 Å². The Bertz CT molecular complexity index is 391. The van der Waals surface area contributed by atoms with Crippen LogP contribution in [-0.4, -0.2) is 24.4 Å². The highest BCUT2D eigenvalue weighted by atomic mass is 35.5. The number of ether oxygens (including phenoxy) is 1. The topological polar surface area (TPSA) is 25.4 Å². The van der Waals surface area contributed by atoms with E-state index in [1.807, 2.05) is 6.07 Å². The van der Waals surface area contributed by atoms with Gasteiger partial charge in [-0.05, 0) is 31.7 Å². The summed E-state index contributed by atoms with van der Waals surface area (Å²) in [5.41, 5.74) is 2.39. The predicted molar refractivity (Wildman–Crippen MR) is 63.9 cm³/mol. The molecular formula is C12H15ClN2O. The van der Waals surface area contributed by atoms with Gasteiger partial charge >= 0.3 is 0 Å². The third kappa shape index (κ3) is 1.68. The summed E-state index contributed by atoms with van der Waals surface area (Å²) in [6, 6.07) is 2.05. The van der Waals surface area contributed by atoms with Gasteiger partial charge in [0.15, 0.2) is 0 Å². The van der Waals surface area contributed by atoms with Crippen molar-refractivity contribution in [3.8, 4) is 0 Å². The lowest BCUT2D eigenvalue weighted by Crippen LogP contribution is -2.38. The maximum absolute atomic E-state index is 6.10. The fourth-order valence-electron chi connectivity index (χ4n) is 2.58. The van der Waals surface area contributed by atoms with E-state index in [4.69, 9.17) is 16.3 Å². The van der Waals surface area contributed by atoms with Gasteiger partial charge in [0.1, 0.15) is 11.4 Å². The molecule has 0 radical (unpaired) electrons. The van der Waals surface area contributed by atoms with Crippen LogP contribution >= 0.6 is 11.6 Å². The molecule has 16 heavy (non-hydrogen) atoms. The fourth-order valence-corrected chi connectivity index (χ4v) is 2.83. The summed E-state index contributed by atoms with van der Waals surface area (Å²) in [5.74, 6) is 0. The second-order valence-electron chi connectivity index (χ2n) is 4.36. The van der Waals surface area contributed by atoms with E-state index in [1.165, 1.54) is 24.1 Å². The first-order valence-corrected chi connectivity index (χ1v) is 6.25. The van der Waals surface area contributed by atoms with Crippen LogP contribution in [0.3, 0.4) is 0 Å². The Morgan fingerprint density at radius 2 is 2.38 bits per heavy atom. The third-order valence-electron chi connectivity index (χ3n) is 3.39. The molecule has 2 aliphatic heterocycles. The van der Waals surface area contributed by atoms with Crippen molar-refractivity contribution in [3.63, 3.8) is 0 Å². The molecule has 0 bridgehead atoms. The van der Waals surface area contributed by atoms with Crippen LogP contribution in [0.1, 0.15) is 24.8 Å². The number of anilines is 1. The molecule has 3 rings (SSSR count). The standard InChI is InChI=1S/C12H15ClN2O/c13-12-9-5-7-15(10(9)4-6-14-12)11-3-1-2-8-16-11/h4,6,11H,1-3,5,7-8H2/t11-/m1/s1. The van der Waals surface area contributed by atoms with E-state index in [0.717, 1.165) is 26.0 Å². The number of hydrogen-bond acceptors (Lipinski definition) is 3. The molecule has 0 aromatic carbocycles. The Morgan fingerprint density at radius 1 is 1.44 bits per heavy atom. The molecule has 1 aromatic rings. The summed E-state index contributed by atoms with van der Waals surface area (Å²) in [7, 11) is 0. The lowest BCUT2D eigenvalue weighted by atomic mass is 10.1. The van der Waals surface area contributed by atoms with Gasteiger partial charge in [-0.25, -0.2) is 4.98 Å². The van der Waals surface area contributed by atoms with Crippen LogP contribution < -0.4 is 4.90 Å². The van der Waals surface area contributed by atoms with Gasteiger partial charge < -0.3 is 9.64 Å². The lowest BCUT2D eigenvalue weighted by molar-refractivity contribution is 0.0154. The molecule has 0 N–H and O–H groups in total. The molecule has 3 nitrogen and oxygen atoms in total. The van der Waals surface area contributed by atoms with Crippen LogP contribution in [0.4, 0.5) is 5.69 Å². The van der Waals surface area contributed by atoms with Gasteiger partial charge in [-0.3, -0.25) is 0 Å². The quantitative estimate of drug-likeness (QED) is 0.704. The van der Waals surface area contributed by atoms with Gasteiger partial charge in [0.25, 0.3) is 0 Å². The van der Waals surface area contributed by atoms with E-state index in [9.17, 15) is 0 Å². The largest absolute Gasteiger partial charge is 0.358 e. The van der Waals surface area contributed by atoms with Gasteiger partial charge in [0.05, 0.1) is 0 Å². The van der Waals surface area contributed by atoms with E-state index in [0.29, 0.717) is 5.15 Å². The van der Waals surface area contributed by atoms with E-state index in [-0.39, 0.29) is 6.23 Å². The SMILES string of the molecule is Clc1nccc2c1CCN2[C@H]1CCCCO1. The van der Waals surface area contributed by atoms with E-state index < -0.39 is 0 Å². The summed E-state index contributed by atoms with van der Waals surface area (Å²) < 4.78 is 5.82. The maximum atomic E-state index is 6.10. The molecule has 0 unspecified atom stereocenters. The zero-order valence-corrected chi connectivity index (χ0v) is 9.91. The van der Waals surface area contributed by atoms with E-state index in [2.05, 4.69) is 9.88 Å². The van der Waals surface area contributed by atoms with Crippen molar-refractivity contribution in [2.45, 2.75) is 31.9 Å². The zero-order valence-electron chi connectivity index (χ0n) is 9.16. The fraction of sp³-hybridized carbons (Fsp3) is 0.583. The number of hydrogen-bond donors (Lipinski definition) is 0. The molecule has 4 heteroatoms. The van der Waals surface area contributed by atoms with Crippen LogP contribution in [-0.2, 0) is 11.2 Å². The minimum atomic E-state index is 0.244. The van der Waals surface area contributed by atoms with Crippen molar-refractivity contribution in [1.82, 2.24) is 4.98 Å². The van der Waals surface area contributed by atoms with E-state index >= 15 is 0 Å². The van der Waals surface area contributed by atoms with Crippen LogP contribution in [0, 0.1) is 0 Å². The average molecular weight is 239 g/mol. The molecule has 0 amide bonds. The Kier molecular flexibility index (Phi) is 2.74. The molecule has 0 saturated carbocycles. The number of halogens is 1. The van der Waals surface area contributed by atoms with Crippen molar-refractivity contribution in [3.05, 3.63) is 23.0 Å². The first-order valence-electron chi connectivity index (χ1n) is 5.88. The number of fused-ring (bicyclic) bond motifs is 1. The summed E-state index contributed by atoms with van der Waals surface area (Å²) in [4.78, 5) is 6.46. The maximum Gasteiger partial charge on any atom is 0.134 e. The highest BCUT2D eigenvalue weighted by Gasteiger charge is 2.29. The van der Waals surface area contributed by atoms with Gasteiger partial charge in [-0.15, -0.1) is 0 Å². The number of aromatic nitrogens is 1. The van der Waals surface area contributed by atoms with Crippen molar-refractivity contribution in [2.24, 2.45) is 0 Å². The Balaban J connectivity index is 1.87. The minimum Gasteiger partial charge on any atom is -0.358 e. The molecule has 0 spiro atoms. The monoisotopic (exact) mass is 238 g/mol. The van der Waals surface area contributed by atoms with Crippen molar-refractivity contribution >= 4 is 17.3 Å². The Morgan fingerprint density at radius 3 is 3.19 bits per heavy atom. The van der Waals surface area contributed by atoms with Gasteiger partial charge in [-0.2, -0.15) is 0 Å². The van der Waals surface area contributed by atoms with Gasteiger partial charge in [0, 0.05) is 30.6 Å². The van der Waals surface area contributed by atoms with Crippen molar-refractivity contribution in [1.29, 1.82) is 0 Å². The van der Waals surface area contributed by atoms with Crippen molar-refractivity contribution in [2.75, 3.05) is 18.1 Å². The smallest absolute Gasteiger partial charge is 0.134 e.